The molecule has 10 heteroatoms. The highest BCUT2D eigenvalue weighted by atomic mass is 32.2. The molecule has 1 aromatic carbocycles. The van der Waals surface area contributed by atoms with Gasteiger partial charge in [-0.2, -0.15) is 4.31 Å². The van der Waals surface area contributed by atoms with Crippen molar-refractivity contribution < 1.29 is 27.1 Å². The van der Waals surface area contributed by atoms with Gasteiger partial charge in [0.1, 0.15) is 10.0 Å². The van der Waals surface area contributed by atoms with Crippen LogP contribution < -0.4 is 0 Å². The molecule has 2 aliphatic rings. The Balaban J connectivity index is 1.63. The summed E-state index contributed by atoms with van der Waals surface area (Å²) in [6.07, 6.45) is 2.00. The van der Waals surface area contributed by atoms with Crippen molar-refractivity contribution in [2.75, 3.05) is 26.7 Å². The Morgan fingerprint density at radius 1 is 1.19 bits per heavy atom. The standard InChI is InChI=1S/C21H23FN2O5S2/c1-29-20(26)19-16-7-10-23(18(25)12-14-5-4-6-15(22)11-14)13-17(16)30-21(19)31(27,28)24-8-2-3-9-24/h4-6,11H,2-3,7-10,12-13H2,1H3. The number of methoxy groups -OCH3 is 1. The molecule has 1 amide bonds. The van der Waals surface area contributed by atoms with E-state index < -0.39 is 21.8 Å². The van der Waals surface area contributed by atoms with E-state index in [2.05, 4.69) is 0 Å². The molecule has 1 aromatic heterocycles. The van der Waals surface area contributed by atoms with E-state index in [0.29, 0.717) is 42.1 Å². The quantitative estimate of drug-likeness (QED) is 0.633. The van der Waals surface area contributed by atoms with E-state index in [-0.39, 0.29) is 28.6 Å². The fourth-order valence-electron chi connectivity index (χ4n) is 4.06. The van der Waals surface area contributed by atoms with Crippen LogP contribution in [0.5, 0.6) is 0 Å². The fraction of sp³-hybridized carbons (Fsp3) is 0.429. The molecule has 7 nitrogen and oxygen atoms in total. The summed E-state index contributed by atoms with van der Waals surface area (Å²) >= 11 is 1.04. The van der Waals surface area contributed by atoms with Gasteiger partial charge in [-0.1, -0.05) is 12.1 Å². The maximum absolute atomic E-state index is 13.4. The molecule has 1 fully saturated rings. The van der Waals surface area contributed by atoms with Crippen molar-refractivity contribution in [3.63, 3.8) is 0 Å². The number of halogens is 1. The number of benzene rings is 1. The Labute approximate surface area is 184 Å². The molecule has 0 aliphatic carbocycles. The molecular formula is C21H23FN2O5S2. The Kier molecular flexibility index (Phi) is 6.14. The zero-order chi connectivity index (χ0) is 22.2. The molecule has 0 bridgehead atoms. The number of nitrogens with zero attached hydrogens (tertiary/aromatic N) is 2. The molecular weight excluding hydrogens is 443 g/mol. The summed E-state index contributed by atoms with van der Waals surface area (Å²) in [6.45, 7) is 1.44. The third-order valence-corrected chi connectivity index (χ3v) is 9.26. The molecule has 2 aromatic rings. The van der Waals surface area contributed by atoms with Crippen LogP contribution in [0, 0.1) is 5.82 Å². The van der Waals surface area contributed by atoms with Crippen LogP contribution in [-0.4, -0.2) is 56.2 Å². The zero-order valence-electron chi connectivity index (χ0n) is 17.1. The summed E-state index contributed by atoms with van der Waals surface area (Å²) in [5.74, 6) is -1.24. The number of sulfonamides is 1. The number of hydrogen-bond donors (Lipinski definition) is 0. The molecule has 0 atom stereocenters. The van der Waals surface area contributed by atoms with Crippen molar-refractivity contribution in [3.05, 3.63) is 51.7 Å². The predicted molar refractivity (Wildman–Crippen MR) is 113 cm³/mol. The lowest BCUT2D eigenvalue weighted by Crippen LogP contribution is -2.36. The normalized spacial score (nSPS) is 16.9. The van der Waals surface area contributed by atoms with Gasteiger partial charge in [0.2, 0.25) is 5.91 Å². The third-order valence-electron chi connectivity index (χ3n) is 5.65. The molecule has 0 spiro atoms. The molecule has 1 saturated heterocycles. The Morgan fingerprint density at radius 3 is 2.61 bits per heavy atom. The molecule has 0 unspecified atom stereocenters. The van der Waals surface area contributed by atoms with Crippen LogP contribution in [0.25, 0.3) is 0 Å². The van der Waals surface area contributed by atoms with Gasteiger partial charge in [-0.05, 0) is 42.5 Å². The van der Waals surface area contributed by atoms with Crippen molar-refractivity contribution in [1.29, 1.82) is 0 Å². The van der Waals surface area contributed by atoms with Crippen LogP contribution in [0.15, 0.2) is 28.5 Å². The number of esters is 1. The topological polar surface area (TPSA) is 84.0 Å². The van der Waals surface area contributed by atoms with Gasteiger partial charge in [-0.15, -0.1) is 11.3 Å². The second kappa shape index (κ2) is 8.68. The number of carbonyl (C=O) groups excluding carboxylic acids is 2. The van der Waals surface area contributed by atoms with Gasteiger partial charge < -0.3 is 9.64 Å². The number of hydrogen-bond acceptors (Lipinski definition) is 6. The summed E-state index contributed by atoms with van der Waals surface area (Å²) in [4.78, 5) is 27.6. The Bertz CT molecular complexity index is 1120. The van der Waals surface area contributed by atoms with E-state index in [9.17, 15) is 22.4 Å². The second-order valence-electron chi connectivity index (χ2n) is 7.64. The van der Waals surface area contributed by atoms with Crippen molar-refractivity contribution in [2.24, 2.45) is 0 Å². The monoisotopic (exact) mass is 466 g/mol. The number of fused-ring (bicyclic) bond motifs is 1. The van der Waals surface area contributed by atoms with E-state index in [1.165, 1.54) is 23.5 Å². The van der Waals surface area contributed by atoms with Crippen LogP contribution in [0.2, 0.25) is 0 Å². The highest BCUT2D eigenvalue weighted by molar-refractivity contribution is 7.91. The highest BCUT2D eigenvalue weighted by Gasteiger charge is 2.38. The summed E-state index contributed by atoms with van der Waals surface area (Å²) in [5, 5.41) is 0. The van der Waals surface area contributed by atoms with Crippen LogP contribution in [0.1, 0.15) is 39.2 Å². The summed E-state index contributed by atoms with van der Waals surface area (Å²) < 4.78 is 46.1. The third kappa shape index (κ3) is 4.24. The first-order valence-electron chi connectivity index (χ1n) is 10.1. The SMILES string of the molecule is COC(=O)c1c(S(=O)(=O)N2CCCC2)sc2c1CCN(C(=O)Cc1cccc(F)c1)C2. The highest BCUT2D eigenvalue weighted by Crippen LogP contribution is 2.38. The number of rotatable bonds is 5. The van der Waals surface area contributed by atoms with Gasteiger partial charge in [0.25, 0.3) is 10.0 Å². The Morgan fingerprint density at radius 2 is 1.94 bits per heavy atom. The van der Waals surface area contributed by atoms with E-state index in [4.69, 9.17) is 4.74 Å². The summed E-state index contributed by atoms with van der Waals surface area (Å²) in [5.41, 5.74) is 1.32. The lowest BCUT2D eigenvalue weighted by molar-refractivity contribution is -0.131. The molecule has 2 aliphatic heterocycles. The predicted octanol–water partition coefficient (Wildman–Crippen LogP) is 2.59. The molecule has 0 radical (unpaired) electrons. The Hall–Kier alpha value is -2.30. The number of thiophene rings is 1. The minimum Gasteiger partial charge on any atom is -0.465 e. The lowest BCUT2D eigenvalue weighted by Gasteiger charge is -2.27. The molecule has 4 rings (SSSR count). The van der Waals surface area contributed by atoms with Crippen molar-refractivity contribution in [2.45, 2.75) is 36.4 Å². The first-order valence-corrected chi connectivity index (χ1v) is 12.3. The first kappa shape index (κ1) is 21.9. The van der Waals surface area contributed by atoms with Crippen LogP contribution in [0.4, 0.5) is 4.39 Å². The van der Waals surface area contributed by atoms with Gasteiger partial charge in [-0.25, -0.2) is 17.6 Å². The van der Waals surface area contributed by atoms with Gasteiger partial charge in [0, 0.05) is 24.5 Å². The summed E-state index contributed by atoms with van der Waals surface area (Å²) in [7, 11) is -2.57. The minimum absolute atomic E-state index is 0.00526. The van der Waals surface area contributed by atoms with Crippen molar-refractivity contribution in [1.82, 2.24) is 9.21 Å². The molecule has 166 valence electrons. The fourth-order valence-corrected chi connectivity index (χ4v) is 7.62. The zero-order valence-corrected chi connectivity index (χ0v) is 18.7. The molecule has 31 heavy (non-hydrogen) atoms. The molecule has 3 heterocycles. The summed E-state index contributed by atoms with van der Waals surface area (Å²) in [6, 6.07) is 5.90. The average molecular weight is 467 g/mol. The second-order valence-corrected chi connectivity index (χ2v) is 10.9. The van der Waals surface area contributed by atoms with Gasteiger partial charge in [0.15, 0.2) is 0 Å². The largest absolute Gasteiger partial charge is 0.465 e. The maximum Gasteiger partial charge on any atom is 0.340 e. The average Bonchev–Trinajstić information content (AvgIpc) is 3.41. The van der Waals surface area contributed by atoms with Crippen molar-refractivity contribution in [3.8, 4) is 0 Å². The van der Waals surface area contributed by atoms with E-state index in [1.54, 1.807) is 17.0 Å². The van der Waals surface area contributed by atoms with E-state index in [1.807, 2.05) is 0 Å². The molecule has 0 N–H and O–H groups in total. The lowest BCUT2D eigenvalue weighted by atomic mass is 10.0. The number of amides is 1. The number of carbonyl (C=O) groups is 2. The number of ether oxygens (including phenoxy) is 1. The van der Waals surface area contributed by atoms with E-state index in [0.717, 1.165) is 24.2 Å². The van der Waals surface area contributed by atoms with Gasteiger partial charge in [0.05, 0.1) is 25.6 Å². The van der Waals surface area contributed by atoms with Crippen LogP contribution >= 0.6 is 11.3 Å². The van der Waals surface area contributed by atoms with Crippen LogP contribution in [-0.2, 0) is 38.9 Å². The van der Waals surface area contributed by atoms with Gasteiger partial charge in [-0.3, -0.25) is 4.79 Å². The van der Waals surface area contributed by atoms with E-state index >= 15 is 0 Å². The van der Waals surface area contributed by atoms with Crippen molar-refractivity contribution >= 4 is 33.2 Å². The first-order chi connectivity index (χ1) is 14.8. The maximum atomic E-state index is 13.4. The smallest absolute Gasteiger partial charge is 0.340 e. The van der Waals surface area contributed by atoms with Gasteiger partial charge >= 0.3 is 5.97 Å². The molecule has 0 saturated carbocycles. The minimum atomic E-state index is -3.80. The van der Waals surface area contributed by atoms with Crippen LogP contribution in [0.3, 0.4) is 0 Å².